The molecule has 1 spiro atoms. The third kappa shape index (κ3) is 2.49. The smallest absolute Gasteiger partial charge is 0.312 e. The zero-order valence-corrected chi connectivity index (χ0v) is 14.6. The van der Waals surface area contributed by atoms with Crippen molar-refractivity contribution in [2.75, 3.05) is 18.1 Å². The number of amides is 1. The van der Waals surface area contributed by atoms with E-state index >= 15 is 0 Å². The number of ether oxygens (including phenoxy) is 2. The molecule has 25 heavy (non-hydrogen) atoms. The SMILES string of the molecule is CCCCOC(=O)[C@H]1[C@H]2C(=O)N(c3cccc(C)c3)C[C@]23C=C[C@H]1O3. The van der Waals surface area contributed by atoms with Crippen LogP contribution in [-0.2, 0) is 19.1 Å². The van der Waals surface area contributed by atoms with E-state index in [0.29, 0.717) is 13.2 Å². The van der Waals surface area contributed by atoms with E-state index in [2.05, 4.69) is 0 Å². The van der Waals surface area contributed by atoms with Gasteiger partial charge >= 0.3 is 5.97 Å². The van der Waals surface area contributed by atoms with Gasteiger partial charge in [-0.3, -0.25) is 9.59 Å². The first-order valence-corrected chi connectivity index (χ1v) is 8.97. The first-order chi connectivity index (χ1) is 12.1. The standard InChI is InChI=1S/C20H23NO4/c1-3-4-10-24-19(23)16-15-8-9-20(25-15)12-21(18(22)17(16)20)14-7-5-6-13(2)11-14/h5-9,11,15-17H,3-4,10,12H2,1-2H3/t15-,16-,17+,20-/m1/s1. The van der Waals surface area contributed by atoms with Crippen LogP contribution in [0.4, 0.5) is 5.69 Å². The quantitative estimate of drug-likeness (QED) is 0.469. The van der Waals surface area contributed by atoms with Gasteiger partial charge in [-0.2, -0.15) is 0 Å². The lowest BCUT2D eigenvalue weighted by molar-refractivity contribution is -0.152. The van der Waals surface area contributed by atoms with Crippen molar-refractivity contribution in [1.82, 2.24) is 0 Å². The number of unbranched alkanes of at least 4 members (excludes halogenated alkanes) is 1. The van der Waals surface area contributed by atoms with E-state index in [-0.39, 0.29) is 18.0 Å². The van der Waals surface area contributed by atoms with Crippen molar-refractivity contribution in [3.63, 3.8) is 0 Å². The van der Waals surface area contributed by atoms with E-state index < -0.39 is 17.4 Å². The molecule has 4 atom stereocenters. The first kappa shape index (κ1) is 16.3. The number of hydrogen-bond acceptors (Lipinski definition) is 4. The van der Waals surface area contributed by atoms with Gasteiger partial charge in [-0.1, -0.05) is 37.6 Å². The fourth-order valence-corrected chi connectivity index (χ4v) is 4.20. The number of fused-ring (bicyclic) bond motifs is 1. The normalized spacial score (nSPS) is 32.3. The van der Waals surface area contributed by atoms with E-state index in [4.69, 9.17) is 9.47 Å². The molecule has 5 nitrogen and oxygen atoms in total. The largest absolute Gasteiger partial charge is 0.465 e. The maximum atomic E-state index is 13.1. The minimum absolute atomic E-state index is 0.0464. The monoisotopic (exact) mass is 341 g/mol. The molecule has 3 aliphatic rings. The number of nitrogens with zero attached hydrogens (tertiary/aromatic N) is 1. The van der Waals surface area contributed by atoms with Crippen LogP contribution in [0.15, 0.2) is 36.4 Å². The van der Waals surface area contributed by atoms with Crippen LogP contribution in [0, 0.1) is 18.8 Å². The molecular weight excluding hydrogens is 318 g/mol. The van der Waals surface area contributed by atoms with E-state index in [1.54, 1.807) is 4.90 Å². The minimum Gasteiger partial charge on any atom is -0.465 e. The Morgan fingerprint density at radius 1 is 1.44 bits per heavy atom. The Morgan fingerprint density at radius 2 is 2.28 bits per heavy atom. The van der Waals surface area contributed by atoms with Crippen molar-refractivity contribution in [3.8, 4) is 0 Å². The molecule has 2 bridgehead atoms. The molecule has 1 aromatic carbocycles. The molecule has 3 aliphatic heterocycles. The Labute approximate surface area is 147 Å². The van der Waals surface area contributed by atoms with Crippen LogP contribution >= 0.6 is 0 Å². The van der Waals surface area contributed by atoms with Gasteiger partial charge in [-0.15, -0.1) is 0 Å². The number of rotatable bonds is 5. The Hall–Kier alpha value is -2.14. The maximum absolute atomic E-state index is 13.1. The number of hydrogen-bond donors (Lipinski definition) is 0. The molecule has 3 heterocycles. The second kappa shape index (κ2) is 5.99. The lowest BCUT2D eigenvalue weighted by Crippen LogP contribution is -2.40. The van der Waals surface area contributed by atoms with Crippen LogP contribution in [0.25, 0.3) is 0 Å². The number of benzene rings is 1. The third-order valence-corrected chi connectivity index (χ3v) is 5.43. The maximum Gasteiger partial charge on any atom is 0.312 e. The lowest BCUT2D eigenvalue weighted by atomic mass is 9.77. The number of carbonyl (C=O) groups excluding carboxylic acids is 2. The molecule has 1 amide bonds. The Bertz CT molecular complexity index is 743. The summed E-state index contributed by atoms with van der Waals surface area (Å²) in [6.45, 7) is 4.90. The fourth-order valence-electron chi connectivity index (χ4n) is 4.20. The third-order valence-electron chi connectivity index (χ3n) is 5.43. The summed E-state index contributed by atoms with van der Waals surface area (Å²) in [6.07, 6.45) is 5.33. The zero-order valence-electron chi connectivity index (χ0n) is 14.6. The fraction of sp³-hybridized carbons (Fsp3) is 0.500. The van der Waals surface area contributed by atoms with Crippen molar-refractivity contribution in [3.05, 3.63) is 42.0 Å². The van der Waals surface area contributed by atoms with Gasteiger partial charge in [0.15, 0.2) is 0 Å². The average molecular weight is 341 g/mol. The topological polar surface area (TPSA) is 55.8 Å². The van der Waals surface area contributed by atoms with E-state index in [9.17, 15) is 9.59 Å². The number of anilines is 1. The molecule has 5 heteroatoms. The van der Waals surface area contributed by atoms with E-state index in [1.165, 1.54) is 0 Å². The molecule has 2 fully saturated rings. The van der Waals surface area contributed by atoms with Gasteiger partial charge in [-0.05, 0) is 31.0 Å². The van der Waals surface area contributed by atoms with Crippen molar-refractivity contribution in [2.45, 2.75) is 38.4 Å². The molecular formula is C20H23NO4. The summed E-state index contributed by atoms with van der Waals surface area (Å²) < 4.78 is 11.5. The second-order valence-corrected chi connectivity index (χ2v) is 7.18. The van der Waals surface area contributed by atoms with Gasteiger partial charge in [0.1, 0.15) is 11.5 Å². The van der Waals surface area contributed by atoms with Crippen LogP contribution in [0.3, 0.4) is 0 Å². The van der Waals surface area contributed by atoms with Gasteiger partial charge in [0, 0.05) is 5.69 Å². The van der Waals surface area contributed by atoms with Crippen LogP contribution in [0.5, 0.6) is 0 Å². The van der Waals surface area contributed by atoms with Crippen LogP contribution < -0.4 is 4.90 Å². The lowest BCUT2D eigenvalue weighted by Gasteiger charge is -2.22. The molecule has 132 valence electrons. The van der Waals surface area contributed by atoms with Crippen LogP contribution in [0.2, 0.25) is 0 Å². The minimum atomic E-state index is -0.695. The van der Waals surface area contributed by atoms with Crippen molar-refractivity contribution >= 4 is 17.6 Å². The summed E-state index contributed by atoms with van der Waals surface area (Å²) in [4.78, 5) is 27.5. The number of aryl methyl sites for hydroxylation is 1. The van der Waals surface area contributed by atoms with Crippen LogP contribution in [0.1, 0.15) is 25.3 Å². The van der Waals surface area contributed by atoms with Crippen molar-refractivity contribution in [1.29, 1.82) is 0 Å². The highest BCUT2D eigenvalue weighted by atomic mass is 16.6. The number of carbonyl (C=O) groups is 2. The Morgan fingerprint density at radius 3 is 3.04 bits per heavy atom. The summed E-state index contributed by atoms with van der Waals surface area (Å²) in [5.74, 6) is -1.38. The van der Waals surface area contributed by atoms with Crippen molar-refractivity contribution < 1.29 is 19.1 Å². The molecule has 4 rings (SSSR count). The summed E-state index contributed by atoms with van der Waals surface area (Å²) in [5, 5.41) is 0. The van der Waals surface area contributed by atoms with Gasteiger partial charge in [0.05, 0.1) is 25.2 Å². The highest BCUT2D eigenvalue weighted by Crippen LogP contribution is 2.52. The molecule has 0 N–H and O–H groups in total. The van der Waals surface area contributed by atoms with Gasteiger partial charge in [-0.25, -0.2) is 0 Å². The summed E-state index contributed by atoms with van der Waals surface area (Å²) in [6, 6.07) is 7.85. The summed E-state index contributed by atoms with van der Waals surface area (Å²) in [5.41, 5.74) is 1.25. The van der Waals surface area contributed by atoms with Crippen molar-refractivity contribution in [2.24, 2.45) is 11.8 Å². The van der Waals surface area contributed by atoms with Gasteiger partial charge in [0.2, 0.25) is 5.91 Å². The highest BCUT2D eigenvalue weighted by molar-refractivity contribution is 6.02. The number of esters is 1. The molecule has 1 aromatic rings. The van der Waals surface area contributed by atoms with E-state index in [1.807, 2.05) is 50.3 Å². The molecule has 0 aliphatic carbocycles. The average Bonchev–Trinajstić information content (AvgIpc) is 3.23. The highest BCUT2D eigenvalue weighted by Gasteiger charge is 2.67. The van der Waals surface area contributed by atoms with Gasteiger partial charge in [0.25, 0.3) is 0 Å². The molecule has 2 saturated heterocycles. The Kier molecular flexibility index (Phi) is 3.91. The predicted molar refractivity (Wildman–Crippen MR) is 93.1 cm³/mol. The molecule has 0 unspecified atom stereocenters. The predicted octanol–water partition coefficient (Wildman–Crippen LogP) is 2.62. The zero-order chi connectivity index (χ0) is 17.6. The summed E-state index contributed by atoms with van der Waals surface area (Å²) in [7, 11) is 0. The second-order valence-electron chi connectivity index (χ2n) is 7.18. The van der Waals surface area contributed by atoms with Gasteiger partial charge < -0.3 is 14.4 Å². The molecule has 0 radical (unpaired) electrons. The Balaban J connectivity index is 1.60. The van der Waals surface area contributed by atoms with E-state index in [0.717, 1.165) is 24.1 Å². The first-order valence-electron chi connectivity index (χ1n) is 8.97. The van der Waals surface area contributed by atoms with Crippen LogP contribution in [-0.4, -0.2) is 36.7 Å². The summed E-state index contributed by atoms with van der Waals surface area (Å²) >= 11 is 0. The molecule has 0 saturated carbocycles. The molecule has 0 aromatic heterocycles.